The van der Waals surface area contributed by atoms with E-state index in [2.05, 4.69) is 11.9 Å². The van der Waals surface area contributed by atoms with Crippen LogP contribution in [-0.4, -0.2) is 68.8 Å². The van der Waals surface area contributed by atoms with Crippen LogP contribution < -0.4 is 4.74 Å². The summed E-state index contributed by atoms with van der Waals surface area (Å²) in [5.41, 5.74) is 1.12. The lowest BCUT2D eigenvalue weighted by atomic mass is 10.2. The molecule has 1 heterocycles. The monoisotopic (exact) mass is 306 g/mol. The molecular weight excluding hydrogens is 280 g/mol. The Morgan fingerprint density at radius 1 is 1.45 bits per heavy atom. The first kappa shape index (κ1) is 16.8. The van der Waals surface area contributed by atoms with Crippen molar-refractivity contribution in [3.05, 3.63) is 29.8 Å². The summed E-state index contributed by atoms with van der Waals surface area (Å²) in [6.07, 6.45) is 1.23. The summed E-state index contributed by atoms with van der Waals surface area (Å²) >= 11 is 0. The van der Waals surface area contributed by atoms with Crippen molar-refractivity contribution in [3.63, 3.8) is 0 Å². The van der Waals surface area contributed by atoms with E-state index in [-0.39, 0.29) is 18.6 Å². The van der Waals surface area contributed by atoms with Gasteiger partial charge in [0.2, 0.25) is 0 Å². The molecule has 0 spiro atoms. The Hall–Kier alpha value is -1.59. The zero-order valence-electron chi connectivity index (χ0n) is 13.9. The minimum Gasteiger partial charge on any atom is -0.484 e. The van der Waals surface area contributed by atoms with Crippen molar-refractivity contribution in [2.45, 2.75) is 25.5 Å². The summed E-state index contributed by atoms with van der Waals surface area (Å²) in [6, 6.07) is 8.08. The summed E-state index contributed by atoms with van der Waals surface area (Å²) in [5, 5.41) is 0. The lowest BCUT2D eigenvalue weighted by molar-refractivity contribution is -0.132. The SMILES string of the molecule is CO[C@H]1C[C@@H](CN(C)C(=O)COc2cccc(C)c2)N(C)C1. The van der Waals surface area contributed by atoms with E-state index in [4.69, 9.17) is 9.47 Å². The molecule has 22 heavy (non-hydrogen) atoms. The number of carbonyl (C=O) groups is 1. The largest absolute Gasteiger partial charge is 0.484 e. The summed E-state index contributed by atoms with van der Waals surface area (Å²) in [4.78, 5) is 16.2. The fourth-order valence-electron chi connectivity index (χ4n) is 2.79. The topological polar surface area (TPSA) is 42.0 Å². The van der Waals surface area contributed by atoms with Gasteiger partial charge in [0.1, 0.15) is 5.75 Å². The van der Waals surface area contributed by atoms with Crippen LogP contribution in [0.5, 0.6) is 5.75 Å². The van der Waals surface area contributed by atoms with E-state index in [0.717, 1.165) is 24.3 Å². The van der Waals surface area contributed by atoms with E-state index < -0.39 is 0 Å². The van der Waals surface area contributed by atoms with Gasteiger partial charge in [0.25, 0.3) is 5.91 Å². The van der Waals surface area contributed by atoms with Gasteiger partial charge in [-0.2, -0.15) is 0 Å². The van der Waals surface area contributed by atoms with Gasteiger partial charge in [0.05, 0.1) is 6.10 Å². The third-order valence-corrected chi connectivity index (χ3v) is 4.25. The molecule has 5 heteroatoms. The number of nitrogens with zero attached hydrogens (tertiary/aromatic N) is 2. The average molecular weight is 306 g/mol. The molecule has 1 aromatic carbocycles. The van der Waals surface area contributed by atoms with Crippen molar-refractivity contribution >= 4 is 5.91 Å². The first-order chi connectivity index (χ1) is 10.5. The third-order valence-electron chi connectivity index (χ3n) is 4.25. The smallest absolute Gasteiger partial charge is 0.260 e. The van der Waals surface area contributed by atoms with E-state index in [1.54, 1.807) is 12.0 Å². The Bertz CT molecular complexity index is 506. The molecular formula is C17H26N2O3. The van der Waals surface area contributed by atoms with Crippen molar-refractivity contribution in [1.82, 2.24) is 9.80 Å². The molecule has 1 saturated heterocycles. The van der Waals surface area contributed by atoms with Gasteiger partial charge in [0, 0.05) is 33.3 Å². The zero-order chi connectivity index (χ0) is 16.1. The number of likely N-dealkylation sites (tertiary alicyclic amines) is 1. The number of rotatable bonds is 6. The van der Waals surface area contributed by atoms with E-state index in [9.17, 15) is 4.79 Å². The number of benzene rings is 1. The number of amides is 1. The van der Waals surface area contributed by atoms with Crippen LogP contribution >= 0.6 is 0 Å². The van der Waals surface area contributed by atoms with Gasteiger partial charge in [-0.3, -0.25) is 9.69 Å². The van der Waals surface area contributed by atoms with Crippen molar-refractivity contribution < 1.29 is 14.3 Å². The molecule has 2 atom stereocenters. The molecule has 1 aliphatic heterocycles. The maximum Gasteiger partial charge on any atom is 0.260 e. The van der Waals surface area contributed by atoms with Crippen LogP contribution in [0.3, 0.4) is 0 Å². The molecule has 122 valence electrons. The standard InChI is InChI=1S/C17H26N2O3/c1-13-6-5-7-15(8-13)22-12-17(20)19(3)10-14-9-16(21-4)11-18(14)2/h5-8,14,16H,9-12H2,1-4H3/t14-,16-/m0/s1. The summed E-state index contributed by atoms with van der Waals surface area (Å²) in [7, 11) is 5.65. The van der Waals surface area contributed by atoms with Crippen molar-refractivity contribution in [1.29, 1.82) is 0 Å². The second-order valence-corrected chi connectivity index (χ2v) is 6.07. The van der Waals surface area contributed by atoms with Gasteiger partial charge in [0.15, 0.2) is 6.61 Å². The van der Waals surface area contributed by atoms with Crippen LogP contribution in [0.25, 0.3) is 0 Å². The predicted molar refractivity (Wildman–Crippen MR) is 86.1 cm³/mol. The summed E-state index contributed by atoms with van der Waals surface area (Å²) in [6.45, 7) is 3.70. The van der Waals surface area contributed by atoms with Gasteiger partial charge in [-0.25, -0.2) is 0 Å². The molecule has 2 rings (SSSR count). The van der Waals surface area contributed by atoms with Crippen LogP contribution in [0.2, 0.25) is 0 Å². The van der Waals surface area contributed by atoms with E-state index in [1.165, 1.54) is 0 Å². The maximum atomic E-state index is 12.2. The molecule has 0 aromatic heterocycles. The van der Waals surface area contributed by atoms with Crippen LogP contribution in [0.4, 0.5) is 0 Å². The van der Waals surface area contributed by atoms with Gasteiger partial charge in [-0.15, -0.1) is 0 Å². The molecule has 5 nitrogen and oxygen atoms in total. The normalized spacial score (nSPS) is 21.8. The highest BCUT2D eigenvalue weighted by atomic mass is 16.5. The Labute approximate surface area is 132 Å². The number of ether oxygens (including phenoxy) is 2. The molecule has 1 aromatic rings. The Morgan fingerprint density at radius 3 is 2.86 bits per heavy atom. The Morgan fingerprint density at radius 2 is 2.23 bits per heavy atom. The minimum absolute atomic E-state index is 0.00391. The number of carbonyl (C=O) groups excluding carboxylic acids is 1. The highest BCUT2D eigenvalue weighted by molar-refractivity contribution is 5.77. The Kier molecular flexibility index (Phi) is 5.80. The van der Waals surface area contributed by atoms with Gasteiger partial charge in [-0.1, -0.05) is 12.1 Å². The van der Waals surface area contributed by atoms with Crippen molar-refractivity contribution in [3.8, 4) is 5.75 Å². The van der Waals surface area contributed by atoms with Crippen molar-refractivity contribution in [2.24, 2.45) is 0 Å². The van der Waals surface area contributed by atoms with Gasteiger partial charge < -0.3 is 14.4 Å². The lowest BCUT2D eigenvalue weighted by Gasteiger charge is -2.25. The van der Waals surface area contributed by atoms with Crippen LogP contribution in [0.15, 0.2) is 24.3 Å². The highest BCUT2D eigenvalue weighted by Crippen LogP contribution is 2.19. The molecule has 0 radical (unpaired) electrons. The highest BCUT2D eigenvalue weighted by Gasteiger charge is 2.30. The second-order valence-electron chi connectivity index (χ2n) is 6.07. The average Bonchev–Trinajstić information content (AvgIpc) is 2.85. The first-order valence-electron chi connectivity index (χ1n) is 7.66. The van der Waals surface area contributed by atoms with Crippen LogP contribution in [0.1, 0.15) is 12.0 Å². The van der Waals surface area contributed by atoms with E-state index in [0.29, 0.717) is 12.6 Å². The number of hydrogen-bond donors (Lipinski definition) is 0. The van der Waals surface area contributed by atoms with E-state index >= 15 is 0 Å². The quantitative estimate of drug-likeness (QED) is 0.800. The molecule has 0 unspecified atom stereocenters. The summed E-state index contributed by atoms with van der Waals surface area (Å²) in [5.74, 6) is 0.731. The fraction of sp³-hybridized carbons (Fsp3) is 0.588. The molecule has 0 N–H and O–H groups in total. The molecule has 1 fully saturated rings. The zero-order valence-corrected chi connectivity index (χ0v) is 13.9. The third kappa shape index (κ3) is 4.45. The number of aryl methyl sites for hydroxylation is 1. The second kappa shape index (κ2) is 7.61. The molecule has 1 amide bonds. The predicted octanol–water partition coefficient (Wildman–Crippen LogP) is 1.55. The molecule has 1 aliphatic rings. The molecule has 0 aliphatic carbocycles. The number of methoxy groups -OCH3 is 1. The fourth-order valence-corrected chi connectivity index (χ4v) is 2.79. The summed E-state index contributed by atoms with van der Waals surface area (Å²) < 4.78 is 11.0. The lowest BCUT2D eigenvalue weighted by Crippen LogP contribution is -2.41. The number of likely N-dealkylation sites (N-methyl/N-ethyl adjacent to an activating group) is 2. The first-order valence-corrected chi connectivity index (χ1v) is 7.66. The molecule has 0 bridgehead atoms. The van der Waals surface area contributed by atoms with E-state index in [1.807, 2.05) is 38.2 Å². The van der Waals surface area contributed by atoms with Gasteiger partial charge >= 0.3 is 0 Å². The van der Waals surface area contributed by atoms with Crippen LogP contribution in [0, 0.1) is 6.92 Å². The minimum atomic E-state index is -0.00391. The Balaban J connectivity index is 1.80. The van der Waals surface area contributed by atoms with Crippen molar-refractivity contribution in [2.75, 3.05) is 40.9 Å². The van der Waals surface area contributed by atoms with Crippen LogP contribution in [-0.2, 0) is 9.53 Å². The number of hydrogen-bond acceptors (Lipinski definition) is 4. The molecule has 0 saturated carbocycles. The van der Waals surface area contributed by atoms with Gasteiger partial charge in [-0.05, 0) is 38.1 Å². The maximum absolute atomic E-state index is 12.2.